The van der Waals surface area contributed by atoms with Gasteiger partial charge in [-0.1, -0.05) is 12.1 Å². The van der Waals surface area contributed by atoms with Crippen molar-refractivity contribution in [2.24, 2.45) is 5.73 Å². The summed E-state index contributed by atoms with van der Waals surface area (Å²) in [6.45, 7) is 1.15. The van der Waals surface area contributed by atoms with Crippen LogP contribution in [-0.2, 0) is 9.53 Å². The van der Waals surface area contributed by atoms with Crippen LogP contribution in [0.3, 0.4) is 0 Å². The average molecular weight is 474 g/mol. The van der Waals surface area contributed by atoms with E-state index in [1.165, 1.54) is 13.2 Å². The Hall–Kier alpha value is -4.11. The largest absolute Gasteiger partial charge is 0.455 e. The van der Waals surface area contributed by atoms with Gasteiger partial charge >= 0.3 is 0 Å². The summed E-state index contributed by atoms with van der Waals surface area (Å²) in [5.41, 5.74) is 9.94. The Morgan fingerprint density at radius 1 is 1.23 bits per heavy atom. The van der Waals surface area contributed by atoms with Crippen molar-refractivity contribution in [1.29, 1.82) is 5.41 Å². The molecular formula is C26H24FN5O3. The highest BCUT2D eigenvalue weighted by Crippen LogP contribution is 2.47. The van der Waals surface area contributed by atoms with Crippen LogP contribution in [0.1, 0.15) is 35.6 Å². The van der Waals surface area contributed by atoms with E-state index in [9.17, 15) is 9.18 Å². The van der Waals surface area contributed by atoms with Gasteiger partial charge in [0.15, 0.2) is 5.96 Å². The van der Waals surface area contributed by atoms with Gasteiger partial charge in [-0.3, -0.25) is 20.1 Å². The molecule has 5 rings (SSSR count). The summed E-state index contributed by atoms with van der Waals surface area (Å²) in [7, 11) is 1.47. The van der Waals surface area contributed by atoms with E-state index in [0.717, 1.165) is 33.7 Å². The van der Waals surface area contributed by atoms with Crippen LogP contribution in [0.15, 0.2) is 54.9 Å². The molecule has 2 aromatic heterocycles. The van der Waals surface area contributed by atoms with E-state index < -0.39 is 11.9 Å². The minimum Gasteiger partial charge on any atom is -0.455 e. The topological polar surface area (TPSA) is 114 Å². The zero-order valence-electron chi connectivity index (χ0n) is 19.1. The van der Waals surface area contributed by atoms with Crippen molar-refractivity contribution in [3.05, 3.63) is 77.6 Å². The first-order valence-electron chi connectivity index (χ1n) is 11.2. The van der Waals surface area contributed by atoms with Crippen LogP contribution >= 0.6 is 0 Å². The van der Waals surface area contributed by atoms with Crippen molar-refractivity contribution in [3.63, 3.8) is 0 Å². The summed E-state index contributed by atoms with van der Waals surface area (Å²) in [4.78, 5) is 22.5. The Balaban J connectivity index is 1.61. The van der Waals surface area contributed by atoms with Gasteiger partial charge in [0.1, 0.15) is 11.5 Å². The van der Waals surface area contributed by atoms with Gasteiger partial charge in [0.25, 0.3) is 0 Å². The molecule has 0 fully saturated rings. The van der Waals surface area contributed by atoms with Crippen molar-refractivity contribution >= 4 is 17.4 Å². The molecule has 2 aliphatic rings. The number of benzene rings is 1. The first-order chi connectivity index (χ1) is 16.9. The van der Waals surface area contributed by atoms with Crippen molar-refractivity contribution in [2.45, 2.75) is 18.8 Å². The maximum atomic E-state index is 14.4. The molecule has 1 atom stereocenters. The van der Waals surface area contributed by atoms with Crippen LogP contribution in [0.25, 0.3) is 16.7 Å². The predicted octanol–water partition coefficient (Wildman–Crippen LogP) is 4.07. The quantitative estimate of drug-likeness (QED) is 0.335. The maximum absolute atomic E-state index is 14.4. The number of guanidine groups is 1. The number of carbonyl (C=O) groups is 1. The third-order valence-corrected chi connectivity index (χ3v) is 6.35. The molecular weight excluding hydrogens is 449 g/mol. The molecule has 0 saturated carbocycles. The zero-order valence-corrected chi connectivity index (χ0v) is 19.1. The van der Waals surface area contributed by atoms with E-state index in [4.69, 9.17) is 20.6 Å². The molecule has 1 aromatic carbocycles. The lowest BCUT2D eigenvalue weighted by atomic mass is 9.83. The van der Waals surface area contributed by atoms with Gasteiger partial charge in [-0.2, -0.15) is 4.39 Å². The summed E-state index contributed by atoms with van der Waals surface area (Å²) < 4.78 is 26.0. The van der Waals surface area contributed by atoms with E-state index in [-0.39, 0.29) is 18.3 Å². The Morgan fingerprint density at radius 3 is 2.80 bits per heavy atom. The molecule has 1 unspecified atom stereocenters. The molecule has 0 bridgehead atoms. The lowest BCUT2D eigenvalue weighted by Gasteiger charge is -2.30. The van der Waals surface area contributed by atoms with Crippen LogP contribution in [0.4, 0.5) is 4.39 Å². The van der Waals surface area contributed by atoms with E-state index in [1.54, 1.807) is 30.5 Å². The van der Waals surface area contributed by atoms with Gasteiger partial charge in [0.2, 0.25) is 11.9 Å². The Bertz CT molecular complexity index is 1360. The van der Waals surface area contributed by atoms with Gasteiger partial charge < -0.3 is 15.2 Å². The van der Waals surface area contributed by atoms with Crippen LogP contribution in [-0.4, -0.2) is 47.0 Å². The molecule has 4 heterocycles. The normalized spacial score (nSPS) is 16.4. The number of nitrogens with one attached hydrogen (secondary N) is 1. The van der Waals surface area contributed by atoms with E-state index in [1.807, 2.05) is 18.2 Å². The number of rotatable bonds is 4. The number of fused-ring (bicyclic) bond motifs is 2. The fraction of sp³-hybridized carbons (Fsp3) is 0.231. The SMILES string of the molecule is CN(C(=N)N)C(=O)CC1c2cc(-c3cccnc3F)ccc2Oc2cnc(C3=CCOCC3)cc21. The number of ether oxygens (including phenoxy) is 2. The molecule has 35 heavy (non-hydrogen) atoms. The van der Waals surface area contributed by atoms with Gasteiger partial charge in [-0.25, -0.2) is 4.98 Å². The van der Waals surface area contributed by atoms with Crippen molar-refractivity contribution < 1.29 is 18.7 Å². The molecule has 0 spiro atoms. The van der Waals surface area contributed by atoms with Crippen LogP contribution < -0.4 is 10.5 Å². The summed E-state index contributed by atoms with van der Waals surface area (Å²) in [6.07, 6.45) is 5.86. The molecule has 3 aromatic rings. The molecule has 0 saturated heterocycles. The summed E-state index contributed by atoms with van der Waals surface area (Å²) in [6, 6.07) is 10.6. The number of halogens is 1. The summed E-state index contributed by atoms with van der Waals surface area (Å²) in [5, 5.41) is 7.66. The smallest absolute Gasteiger partial charge is 0.229 e. The summed E-state index contributed by atoms with van der Waals surface area (Å²) in [5.74, 6) is -0.526. The third-order valence-electron chi connectivity index (χ3n) is 6.35. The molecule has 178 valence electrons. The Morgan fingerprint density at radius 2 is 2.06 bits per heavy atom. The third kappa shape index (κ3) is 4.38. The zero-order chi connectivity index (χ0) is 24.5. The second-order valence-corrected chi connectivity index (χ2v) is 8.45. The van der Waals surface area contributed by atoms with Crippen molar-refractivity contribution in [1.82, 2.24) is 14.9 Å². The first-order valence-corrected chi connectivity index (χ1v) is 11.2. The Kier molecular flexibility index (Phi) is 6.00. The molecule has 1 amide bonds. The highest BCUT2D eigenvalue weighted by molar-refractivity contribution is 5.95. The fourth-order valence-electron chi connectivity index (χ4n) is 4.39. The highest BCUT2D eigenvalue weighted by atomic mass is 19.1. The molecule has 0 aliphatic carbocycles. The van der Waals surface area contributed by atoms with Gasteiger partial charge in [-0.05, 0) is 47.9 Å². The van der Waals surface area contributed by atoms with E-state index in [2.05, 4.69) is 9.97 Å². The fourth-order valence-corrected chi connectivity index (χ4v) is 4.39. The summed E-state index contributed by atoms with van der Waals surface area (Å²) >= 11 is 0. The number of pyridine rings is 2. The predicted molar refractivity (Wildman–Crippen MR) is 128 cm³/mol. The minimum absolute atomic E-state index is 0.0457. The van der Waals surface area contributed by atoms with Crippen molar-refractivity contribution in [3.8, 4) is 22.6 Å². The lowest BCUT2D eigenvalue weighted by molar-refractivity contribution is -0.126. The number of carbonyl (C=O) groups excluding carboxylic acids is 1. The monoisotopic (exact) mass is 473 g/mol. The van der Waals surface area contributed by atoms with Gasteiger partial charge in [-0.15, -0.1) is 0 Å². The van der Waals surface area contributed by atoms with Crippen LogP contribution in [0.5, 0.6) is 11.5 Å². The van der Waals surface area contributed by atoms with Gasteiger partial charge in [0, 0.05) is 42.3 Å². The Labute approximate surface area is 201 Å². The molecule has 9 heteroatoms. The molecule has 0 radical (unpaired) electrons. The van der Waals surface area contributed by atoms with E-state index >= 15 is 0 Å². The minimum atomic E-state index is -0.577. The number of nitrogens with zero attached hydrogens (tertiary/aromatic N) is 3. The number of hydrogen-bond acceptors (Lipinski definition) is 6. The molecule has 2 aliphatic heterocycles. The second kappa shape index (κ2) is 9.27. The van der Waals surface area contributed by atoms with Crippen LogP contribution in [0.2, 0.25) is 0 Å². The number of amides is 1. The number of nitrogens with two attached hydrogens (primary N) is 1. The lowest BCUT2D eigenvalue weighted by Crippen LogP contribution is -2.38. The van der Waals surface area contributed by atoms with Crippen LogP contribution in [0, 0.1) is 11.4 Å². The van der Waals surface area contributed by atoms with E-state index in [0.29, 0.717) is 35.8 Å². The number of aromatic nitrogens is 2. The standard InChI is InChI=1S/C26H24FN5O3/c1-32(26(28)29)24(33)13-18-19-11-16(17-3-2-8-30-25(17)27)4-5-22(19)35-23-14-31-21(12-20(18)23)15-6-9-34-10-7-15/h2-6,8,11-12,14,18H,7,9-10,13H2,1H3,(H3,28,29). The highest BCUT2D eigenvalue weighted by Gasteiger charge is 2.32. The van der Waals surface area contributed by atoms with Crippen molar-refractivity contribution in [2.75, 3.05) is 20.3 Å². The first kappa shape index (κ1) is 22.7. The average Bonchev–Trinajstić information content (AvgIpc) is 2.88. The molecule has 8 nitrogen and oxygen atoms in total. The second-order valence-electron chi connectivity index (χ2n) is 8.45. The van der Waals surface area contributed by atoms with Gasteiger partial charge in [0.05, 0.1) is 25.1 Å². The maximum Gasteiger partial charge on any atom is 0.229 e. The molecule has 3 N–H and O–H groups in total. The number of hydrogen-bond donors (Lipinski definition) is 2.